The second-order valence-electron chi connectivity index (χ2n) is 4.47. The molecule has 132 valence electrons. The highest BCUT2D eigenvalue weighted by Crippen LogP contribution is 2.24. The third kappa shape index (κ3) is 4.08. The highest BCUT2D eigenvalue weighted by molar-refractivity contribution is 5.93. The molecule has 0 bridgehead atoms. The molecule has 0 heterocycles. The van der Waals surface area contributed by atoms with E-state index in [1.165, 1.54) is 0 Å². The summed E-state index contributed by atoms with van der Waals surface area (Å²) < 4.78 is 86.6. The molecule has 0 N–H and O–H groups in total. The number of esters is 2. The van der Waals surface area contributed by atoms with Crippen LogP contribution in [-0.4, -0.2) is 11.9 Å². The predicted molar refractivity (Wildman–Crippen MR) is 68.5 cm³/mol. The van der Waals surface area contributed by atoms with Crippen molar-refractivity contribution in [1.82, 2.24) is 0 Å². The second-order valence-corrected chi connectivity index (χ2v) is 4.47. The van der Waals surface area contributed by atoms with E-state index < -0.39 is 64.8 Å². The molecule has 2 aromatic rings. The highest BCUT2D eigenvalue weighted by Gasteiger charge is 2.22. The Morgan fingerprint density at radius 3 is 1.36 bits per heavy atom. The number of ether oxygens (including phenoxy) is 2. The summed E-state index contributed by atoms with van der Waals surface area (Å²) in [4.78, 5) is 22.9. The lowest BCUT2D eigenvalue weighted by Gasteiger charge is -2.07. The van der Waals surface area contributed by atoms with Crippen LogP contribution in [0.4, 0.5) is 26.3 Å². The molecule has 0 atom stereocenters. The van der Waals surface area contributed by atoms with Crippen LogP contribution < -0.4 is 9.47 Å². The summed E-state index contributed by atoms with van der Waals surface area (Å²) in [6.45, 7) is 0. The SMILES string of the molecule is O=C(CC(=O)Oc1ccc(F)c(F)c1F)Oc1ccc(F)c(F)c1F. The normalized spacial score (nSPS) is 10.5. The van der Waals surface area contributed by atoms with E-state index in [0.29, 0.717) is 24.3 Å². The van der Waals surface area contributed by atoms with Crippen LogP contribution in [0.2, 0.25) is 0 Å². The minimum absolute atomic E-state index is 0.482. The molecule has 0 aliphatic heterocycles. The first-order valence-electron chi connectivity index (χ1n) is 6.39. The van der Waals surface area contributed by atoms with Crippen LogP contribution in [0.1, 0.15) is 6.42 Å². The molecule has 10 heteroatoms. The van der Waals surface area contributed by atoms with Crippen molar-refractivity contribution in [2.75, 3.05) is 0 Å². The number of hydrogen-bond donors (Lipinski definition) is 0. The quantitative estimate of drug-likeness (QED) is 0.274. The molecule has 2 aromatic carbocycles. The molecule has 0 aromatic heterocycles. The predicted octanol–water partition coefficient (Wildman–Crippen LogP) is 3.42. The monoisotopic (exact) mass is 364 g/mol. The Morgan fingerprint density at radius 1 is 0.640 bits per heavy atom. The van der Waals surface area contributed by atoms with Crippen molar-refractivity contribution in [2.45, 2.75) is 6.42 Å². The van der Waals surface area contributed by atoms with Gasteiger partial charge in [-0.15, -0.1) is 0 Å². The number of hydrogen-bond acceptors (Lipinski definition) is 4. The smallest absolute Gasteiger partial charge is 0.322 e. The molecule has 0 radical (unpaired) electrons. The van der Waals surface area contributed by atoms with Gasteiger partial charge < -0.3 is 9.47 Å². The molecule has 25 heavy (non-hydrogen) atoms. The Labute approximate surface area is 135 Å². The van der Waals surface area contributed by atoms with Gasteiger partial charge in [0.25, 0.3) is 0 Å². The number of benzene rings is 2. The van der Waals surface area contributed by atoms with Crippen LogP contribution in [0.5, 0.6) is 11.5 Å². The number of halogens is 6. The Balaban J connectivity index is 2.03. The van der Waals surface area contributed by atoms with E-state index in [2.05, 4.69) is 9.47 Å². The summed E-state index contributed by atoms with van der Waals surface area (Å²) in [7, 11) is 0. The maximum Gasteiger partial charge on any atom is 0.322 e. The zero-order chi connectivity index (χ0) is 18.7. The summed E-state index contributed by atoms with van der Waals surface area (Å²) in [5.74, 6) is -15.3. The first kappa shape index (κ1) is 18.3. The van der Waals surface area contributed by atoms with Gasteiger partial charge in [0.1, 0.15) is 6.42 Å². The van der Waals surface area contributed by atoms with Crippen molar-refractivity contribution < 1.29 is 45.4 Å². The molecule has 0 saturated carbocycles. The summed E-state index contributed by atoms with van der Waals surface area (Å²) in [5, 5.41) is 0. The van der Waals surface area contributed by atoms with Crippen LogP contribution in [0.3, 0.4) is 0 Å². The van der Waals surface area contributed by atoms with Gasteiger partial charge in [-0.05, 0) is 24.3 Å². The van der Waals surface area contributed by atoms with E-state index in [1.54, 1.807) is 0 Å². The fourth-order valence-corrected chi connectivity index (χ4v) is 1.61. The van der Waals surface area contributed by atoms with Gasteiger partial charge in [0.05, 0.1) is 0 Å². The Kier molecular flexibility index (Phi) is 5.30. The lowest BCUT2D eigenvalue weighted by Crippen LogP contribution is -2.19. The standard InChI is InChI=1S/C15H6F6O4/c16-6-1-3-8(14(20)12(6)18)24-10(22)5-11(23)25-9-4-2-7(17)13(19)15(9)21/h1-4H,5H2. The van der Waals surface area contributed by atoms with E-state index in [1.807, 2.05) is 0 Å². The number of rotatable bonds is 4. The Hall–Kier alpha value is -3.04. The average Bonchev–Trinajstić information content (AvgIpc) is 2.56. The van der Waals surface area contributed by atoms with E-state index >= 15 is 0 Å². The fraction of sp³-hybridized carbons (Fsp3) is 0.0667. The van der Waals surface area contributed by atoms with Crippen molar-refractivity contribution in [3.05, 3.63) is 59.2 Å². The van der Waals surface area contributed by atoms with Crippen molar-refractivity contribution >= 4 is 11.9 Å². The molecule has 0 fully saturated rings. The summed E-state index contributed by atoms with van der Waals surface area (Å²) >= 11 is 0. The molecule has 0 spiro atoms. The number of carbonyl (C=O) groups is 2. The molecular formula is C15H6F6O4. The van der Waals surface area contributed by atoms with Crippen LogP contribution in [0, 0.1) is 34.9 Å². The third-order valence-corrected chi connectivity index (χ3v) is 2.74. The van der Waals surface area contributed by atoms with E-state index in [9.17, 15) is 35.9 Å². The average molecular weight is 364 g/mol. The molecule has 4 nitrogen and oxygen atoms in total. The van der Waals surface area contributed by atoms with Gasteiger partial charge >= 0.3 is 11.9 Å². The van der Waals surface area contributed by atoms with Gasteiger partial charge in [-0.1, -0.05) is 0 Å². The minimum atomic E-state index is -1.89. The second kappa shape index (κ2) is 7.24. The lowest BCUT2D eigenvalue weighted by atomic mass is 10.3. The van der Waals surface area contributed by atoms with Crippen LogP contribution in [-0.2, 0) is 9.59 Å². The van der Waals surface area contributed by atoms with Gasteiger partial charge in [-0.25, -0.2) is 17.6 Å². The first-order valence-corrected chi connectivity index (χ1v) is 6.39. The van der Waals surface area contributed by atoms with Crippen LogP contribution in [0.15, 0.2) is 24.3 Å². The Bertz CT molecular complexity index is 783. The van der Waals surface area contributed by atoms with Crippen LogP contribution in [0.25, 0.3) is 0 Å². The molecule has 2 rings (SSSR count). The summed E-state index contributed by atoms with van der Waals surface area (Å²) in [6.07, 6.45) is -1.20. The molecule has 0 aliphatic carbocycles. The van der Waals surface area contributed by atoms with Gasteiger partial charge in [0, 0.05) is 0 Å². The van der Waals surface area contributed by atoms with E-state index in [0.717, 1.165) is 0 Å². The van der Waals surface area contributed by atoms with E-state index in [-0.39, 0.29) is 0 Å². The van der Waals surface area contributed by atoms with Crippen molar-refractivity contribution in [3.63, 3.8) is 0 Å². The largest absolute Gasteiger partial charge is 0.423 e. The van der Waals surface area contributed by atoms with Crippen molar-refractivity contribution in [2.24, 2.45) is 0 Å². The van der Waals surface area contributed by atoms with Gasteiger partial charge in [0.15, 0.2) is 34.8 Å². The maximum atomic E-state index is 13.3. The van der Waals surface area contributed by atoms with E-state index in [4.69, 9.17) is 0 Å². The van der Waals surface area contributed by atoms with Crippen molar-refractivity contribution in [3.8, 4) is 11.5 Å². The first-order chi connectivity index (χ1) is 11.7. The third-order valence-electron chi connectivity index (χ3n) is 2.74. The highest BCUT2D eigenvalue weighted by atomic mass is 19.2. The molecule has 0 unspecified atom stereocenters. The topological polar surface area (TPSA) is 52.6 Å². The zero-order valence-corrected chi connectivity index (χ0v) is 11.9. The fourth-order valence-electron chi connectivity index (χ4n) is 1.61. The molecular weight excluding hydrogens is 358 g/mol. The summed E-state index contributed by atoms with van der Waals surface area (Å²) in [6, 6.07) is 2.17. The van der Waals surface area contributed by atoms with Gasteiger partial charge in [-0.2, -0.15) is 8.78 Å². The van der Waals surface area contributed by atoms with Crippen molar-refractivity contribution in [1.29, 1.82) is 0 Å². The van der Waals surface area contributed by atoms with Crippen LogP contribution >= 0.6 is 0 Å². The maximum absolute atomic E-state index is 13.3. The molecule has 0 saturated heterocycles. The summed E-state index contributed by atoms with van der Waals surface area (Å²) in [5.41, 5.74) is 0. The Morgan fingerprint density at radius 2 is 1.00 bits per heavy atom. The van der Waals surface area contributed by atoms with Gasteiger partial charge in [-0.3, -0.25) is 9.59 Å². The molecule has 0 aliphatic rings. The number of carbonyl (C=O) groups excluding carboxylic acids is 2. The molecule has 0 amide bonds. The zero-order valence-electron chi connectivity index (χ0n) is 11.9. The minimum Gasteiger partial charge on any atom is -0.423 e. The van der Waals surface area contributed by atoms with Gasteiger partial charge in [0.2, 0.25) is 11.6 Å². The lowest BCUT2D eigenvalue weighted by molar-refractivity contribution is -0.144.